The first-order valence-electron chi connectivity index (χ1n) is 7.33. The normalized spacial score (nSPS) is 17.2. The zero-order valence-electron chi connectivity index (χ0n) is 12.8. The van der Waals surface area contributed by atoms with Crippen molar-refractivity contribution in [3.8, 4) is 5.75 Å². The van der Waals surface area contributed by atoms with Crippen molar-refractivity contribution in [1.29, 1.82) is 0 Å². The van der Waals surface area contributed by atoms with E-state index in [9.17, 15) is 0 Å². The van der Waals surface area contributed by atoms with Crippen LogP contribution in [0.4, 0.5) is 0 Å². The van der Waals surface area contributed by atoms with Crippen molar-refractivity contribution in [2.75, 3.05) is 12.5 Å². The van der Waals surface area contributed by atoms with Gasteiger partial charge in [0.25, 0.3) is 0 Å². The van der Waals surface area contributed by atoms with Crippen LogP contribution in [0.15, 0.2) is 47.5 Å². The van der Waals surface area contributed by atoms with E-state index in [0.717, 1.165) is 22.6 Å². The average Bonchev–Trinajstić information content (AvgIpc) is 2.85. The highest BCUT2D eigenvalue weighted by molar-refractivity contribution is 8.29. The molecule has 4 aromatic rings. The summed E-state index contributed by atoms with van der Waals surface area (Å²) in [6, 6.07) is 14.8. The van der Waals surface area contributed by atoms with Crippen LogP contribution in [0, 0.1) is 6.92 Å². The quantitative estimate of drug-likeness (QED) is 0.441. The Labute approximate surface area is 130 Å². The van der Waals surface area contributed by atoms with Gasteiger partial charge in [-0.05, 0) is 18.4 Å². The molecule has 0 amide bonds. The van der Waals surface area contributed by atoms with Gasteiger partial charge in [-0.3, -0.25) is 4.40 Å². The van der Waals surface area contributed by atoms with E-state index >= 15 is 0 Å². The summed E-state index contributed by atoms with van der Waals surface area (Å²) in [5, 5.41) is 4.91. The Kier molecular flexibility index (Phi) is 2.11. The van der Waals surface area contributed by atoms with Crippen LogP contribution in [0.2, 0.25) is 0 Å². The smallest absolute Gasteiger partial charge is 0.160 e. The van der Waals surface area contributed by atoms with Crippen LogP contribution in [0.1, 0.15) is 5.69 Å². The summed E-state index contributed by atoms with van der Waals surface area (Å²) in [5.74, 6) is 0.971. The number of rotatable bonds is 0. The number of aryl methyl sites for hydroxylation is 1. The fourth-order valence-electron chi connectivity index (χ4n) is 3.69. The topological polar surface area (TPSA) is 26.5 Å². The van der Waals surface area contributed by atoms with E-state index in [1.165, 1.54) is 21.2 Å². The highest BCUT2D eigenvalue weighted by Gasteiger charge is 2.32. The van der Waals surface area contributed by atoms with Gasteiger partial charge in [-0.1, -0.05) is 46.7 Å². The zero-order chi connectivity index (χ0) is 15.1. The van der Waals surface area contributed by atoms with Gasteiger partial charge in [0.15, 0.2) is 5.75 Å². The molecule has 2 aromatic heterocycles. The molecule has 0 atom stereocenters. The van der Waals surface area contributed by atoms with E-state index in [1.807, 2.05) is 0 Å². The van der Waals surface area contributed by atoms with Gasteiger partial charge in [0, 0.05) is 23.3 Å². The van der Waals surface area contributed by atoms with Gasteiger partial charge >= 0.3 is 0 Å². The monoisotopic (exact) mass is 308 g/mol. The molecule has 0 saturated carbocycles. The van der Waals surface area contributed by atoms with Gasteiger partial charge < -0.3 is 4.18 Å². The van der Waals surface area contributed by atoms with Crippen molar-refractivity contribution < 1.29 is 4.18 Å². The Hall–Kier alpha value is -2.20. The lowest BCUT2D eigenvalue weighted by Gasteiger charge is -2.36. The van der Waals surface area contributed by atoms with E-state index in [4.69, 9.17) is 9.17 Å². The first-order chi connectivity index (χ1) is 10.6. The number of hydrogen-bond donors (Lipinski definition) is 0. The summed E-state index contributed by atoms with van der Waals surface area (Å²) in [7, 11) is -1.35. The molecule has 0 N–H and O–H groups in total. The Morgan fingerprint density at radius 1 is 0.955 bits per heavy atom. The van der Waals surface area contributed by atoms with Crippen LogP contribution in [0.3, 0.4) is 0 Å². The summed E-state index contributed by atoms with van der Waals surface area (Å²) in [4.78, 5) is 4.89. The molecule has 1 aliphatic heterocycles. The van der Waals surface area contributed by atoms with E-state index in [0.29, 0.717) is 0 Å². The SMILES string of the molecule is Cc1nc2c3ccccc3c3cccc4c3n2c1S(C)(C)O4. The molecule has 110 valence electrons. The minimum absolute atomic E-state index is 0.971. The van der Waals surface area contributed by atoms with Crippen molar-refractivity contribution in [1.82, 2.24) is 9.38 Å². The van der Waals surface area contributed by atoms with Crippen LogP contribution in [0.5, 0.6) is 5.75 Å². The van der Waals surface area contributed by atoms with Crippen molar-refractivity contribution >= 4 is 37.6 Å². The molecule has 0 unspecified atom stereocenters. The number of nitrogens with zero attached hydrogens (tertiary/aromatic N) is 2. The molecule has 2 aromatic carbocycles. The number of hydrogen-bond acceptors (Lipinski definition) is 2. The number of imidazole rings is 1. The lowest BCUT2D eigenvalue weighted by atomic mass is 10.1. The molecule has 1 aliphatic rings. The van der Waals surface area contributed by atoms with Crippen LogP contribution in [-0.4, -0.2) is 21.9 Å². The zero-order valence-corrected chi connectivity index (χ0v) is 13.6. The predicted molar refractivity (Wildman–Crippen MR) is 93.3 cm³/mol. The van der Waals surface area contributed by atoms with Gasteiger partial charge in [0.05, 0.1) is 11.2 Å². The molecular formula is C18H16N2OS. The van der Waals surface area contributed by atoms with Crippen LogP contribution in [0.25, 0.3) is 27.3 Å². The third-order valence-corrected chi connectivity index (χ3v) is 6.45. The fraction of sp³-hybridized carbons (Fsp3) is 0.167. The van der Waals surface area contributed by atoms with E-state index in [1.54, 1.807) is 0 Å². The highest BCUT2D eigenvalue weighted by Crippen LogP contribution is 2.57. The minimum Gasteiger partial charge on any atom is -0.441 e. The maximum absolute atomic E-state index is 6.39. The number of benzene rings is 2. The Morgan fingerprint density at radius 3 is 2.50 bits per heavy atom. The lowest BCUT2D eigenvalue weighted by Crippen LogP contribution is -2.14. The molecule has 0 aliphatic carbocycles. The number of para-hydroxylation sites is 1. The maximum atomic E-state index is 6.39. The molecule has 0 saturated heterocycles. The molecule has 4 heteroatoms. The second-order valence-electron chi connectivity index (χ2n) is 6.18. The molecular weight excluding hydrogens is 292 g/mol. The van der Waals surface area contributed by atoms with E-state index < -0.39 is 10.3 Å². The first kappa shape index (κ1) is 12.4. The number of fused-ring (bicyclic) bond motifs is 3. The maximum Gasteiger partial charge on any atom is 0.160 e. The second-order valence-corrected chi connectivity index (χ2v) is 9.20. The number of aromatic nitrogens is 2. The average molecular weight is 308 g/mol. The minimum atomic E-state index is -1.35. The van der Waals surface area contributed by atoms with Crippen molar-refractivity contribution in [3.63, 3.8) is 0 Å². The van der Waals surface area contributed by atoms with Crippen molar-refractivity contribution in [3.05, 3.63) is 48.2 Å². The Morgan fingerprint density at radius 2 is 1.68 bits per heavy atom. The summed E-state index contributed by atoms with van der Waals surface area (Å²) in [5.41, 5.74) is 3.28. The molecule has 0 bridgehead atoms. The highest BCUT2D eigenvalue weighted by atomic mass is 32.3. The van der Waals surface area contributed by atoms with Gasteiger partial charge in [-0.2, -0.15) is 0 Å². The van der Waals surface area contributed by atoms with Gasteiger partial charge in [-0.25, -0.2) is 4.98 Å². The third kappa shape index (κ3) is 1.32. The molecule has 0 fully saturated rings. The standard InChI is InChI=1S/C18H16N2OS/c1-11-18-20-16-13(9-6-10-15(16)21-22(18,2)3)12-7-4-5-8-14(12)17(20)19-11/h4-10H,1-3H3. The summed E-state index contributed by atoms with van der Waals surface area (Å²) in [6.45, 7) is 2.09. The molecule has 22 heavy (non-hydrogen) atoms. The third-order valence-electron chi connectivity index (χ3n) is 4.44. The van der Waals surface area contributed by atoms with Crippen molar-refractivity contribution in [2.45, 2.75) is 11.9 Å². The Bertz CT molecular complexity index is 1090. The summed E-state index contributed by atoms with van der Waals surface area (Å²) in [6.07, 6.45) is 4.39. The van der Waals surface area contributed by atoms with E-state index in [2.05, 4.69) is 66.3 Å². The van der Waals surface area contributed by atoms with Crippen LogP contribution >= 0.6 is 10.3 Å². The second kappa shape index (κ2) is 3.76. The molecule has 0 spiro atoms. The largest absolute Gasteiger partial charge is 0.441 e. The fourth-order valence-corrected chi connectivity index (χ4v) is 5.73. The molecule has 5 rings (SSSR count). The van der Waals surface area contributed by atoms with Gasteiger partial charge in [0.2, 0.25) is 0 Å². The van der Waals surface area contributed by atoms with Crippen LogP contribution in [-0.2, 0) is 0 Å². The number of pyridine rings is 1. The first-order valence-corrected chi connectivity index (χ1v) is 9.71. The Balaban J connectivity index is 2.23. The predicted octanol–water partition coefficient (Wildman–Crippen LogP) is 4.68. The lowest BCUT2D eigenvalue weighted by molar-refractivity contribution is 0.611. The van der Waals surface area contributed by atoms with Gasteiger partial charge in [0.1, 0.15) is 10.7 Å². The molecule has 3 heterocycles. The summed E-state index contributed by atoms with van der Waals surface area (Å²) >= 11 is 0. The summed E-state index contributed by atoms with van der Waals surface area (Å²) < 4.78 is 8.73. The molecule has 0 radical (unpaired) electrons. The van der Waals surface area contributed by atoms with Crippen LogP contribution < -0.4 is 4.18 Å². The molecule has 3 nitrogen and oxygen atoms in total. The van der Waals surface area contributed by atoms with Gasteiger partial charge in [-0.15, -0.1) is 0 Å². The van der Waals surface area contributed by atoms with E-state index in [-0.39, 0.29) is 0 Å². The van der Waals surface area contributed by atoms with Crippen molar-refractivity contribution in [2.24, 2.45) is 0 Å².